The summed E-state index contributed by atoms with van der Waals surface area (Å²) in [5.74, 6) is -1.08. The number of halogens is 1. The molecule has 0 saturated carbocycles. The molecule has 0 fully saturated rings. The van der Waals surface area contributed by atoms with Crippen LogP contribution in [0.3, 0.4) is 0 Å². The van der Waals surface area contributed by atoms with E-state index in [2.05, 4.69) is 12.8 Å². The first-order valence-electron chi connectivity index (χ1n) is 9.56. The number of fused-ring (bicyclic) bond motifs is 2. The quantitative estimate of drug-likeness (QED) is 0.176. The molecule has 4 rings (SSSR count). The fourth-order valence-electron chi connectivity index (χ4n) is 2.06. The van der Waals surface area contributed by atoms with E-state index in [0.717, 1.165) is 27.1 Å². The summed E-state index contributed by atoms with van der Waals surface area (Å²) >= 11 is 8.82. The molecule has 0 saturated heterocycles. The van der Waals surface area contributed by atoms with Crippen molar-refractivity contribution < 1.29 is 104 Å². The molecule has 0 radical (unpaired) electrons. The maximum Gasteiger partial charge on any atom is 1.00 e. The third-order valence-electron chi connectivity index (χ3n) is 3.05. The molecule has 0 unspecified atom stereocenters. The van der Waals surface area contributed by atoms with Gasteiger partial charge in [0, 0.05) is 70.1 Å². The molecular weight excluding hydrogens is 998 g/mol. The smallest absolute Gasteiger partial charge is 0 e. The largest absolute Gasteiger partial charge is 1.00 e. The predicted molar refractivity (Wildman–Crippen MR) is 141 cm³/mol. The summed E-state index contributed by atoms with van der Waals surface area (Å²) in [6.07, 6.45) is 3.77. The van der Waals surface area contributed by atoms with E-state index in [9.17, 15) is 9.59 Å². The Morgan fingerprint density at radius 1 is 0.771 bits per heavy atom. The van der Waals surface area contributed by atoms with Gasteiger partial charge in [-0.1, -0.05) is 74.9 Å². The minimum Gasteiger partial charge on any atom is 0 e. The van der Waals surface area contributed by atoms with Crippen molar-refractivity contribution in [2.75, 3.05) is 0 Å². The van der Waals surface area contributed by atoms with Crippen molar-refractivity contribution in [3.63, 3.8) is 0 Å². The van der Waals surface area contributed by atoms with Crippen LogP contribution in [-0.4, -0.2) is 18.5 Å². The Labute approximate surface area is 286 Å². The molecule has 190 valence electrons. The van der Waals surface area contributed by atoms with Crippen LogP contribution in [0.4, 0.5) is 0 Å². The molecule has 2 heterocycles. The van der Waals surface area contributed by atoms with E-state index in [-0.39, 0.29) is 71.7 Å². The molecule has 11 heteroatoms. The molecule has 0 spiro atoms. The van der Waals surface area contributed by atoms with Crippen molar-refractivity contribution in [1.82, 2.24) is 0 Å². The average molecular weight is 1020 g/mol. The van der Waals surface area contributed by atoms with Crippen LogP contribution in [0.5, 0.6) is 0 Å². The maximum atomic E-state index is 10.3. The normalized spacial score (nSPS) is 7.66. The Balaban J connectivity index is -0.000000119. The second-order valence-electron chi connectivity index (χ2n) is 4.99. The van der Waals surface area contributed by atoms with E-state index in [4.69, 9.17) is 9.90 Å². The van der Waals surface area contributed by atoms with E-state index in [1.165, 1.54) is 22.7 Å². The second-order valence-corrected chi connectivity index (χ2v) is 7.16. The molecule has 2 aromatic heterocycles. The molecule has 0 aliphatic rings. The number of hydrogen-bond acceptors (Lipinski definition) is 6. The van der Waals surface area contributed by atoms with Gasteiger partial charge >= 0.3 is 62.7 Å². The SMILES string of the molecule is CC.CC.CC(=O)[O-].O=[C-]c1cc2ccccc2s1.O=[C-]c1cc2ccccc2s1.[Cu][I].[Na+].[W].[W]. The molecule has 4 nitrogen and oxygen atoms in total. The van der Waals surface area contributed by atoms with Gasteiger partial charge in [0.25, 0.3) is 0 Å². The zero-order chi connectivity index (χ0) is 24.9. The monoisotopic (exact) mass is 1020 g/mol. The van der Waals surface area contributed by atoms with Crippen molar-refractivity contribution in [2.24, 2.45) is 0 Å². The van der Waals surface area contributed by atoms with Crippen LogP contribution in [0.1, 0.15) is 44.4 Å². The predicted octanol–water partition coefficient (Wildman–Crippen LogP) is 3.41. The van der Waals surface area contributed by atoms with E-state index in [1.807, 2.05) is 101 Å². The van der Waals surface area contributed by atoms with Crippen LogP contribution in [-0.2, 0) is 69.3 Å². The topological polar surface area (TPSA) is 74.3 Å². The van der Waals surface area contributed by atoms with Gasteiger partial charge in [-0.3, -0.25) is 0 Å². The van der Waals surface area contributed by atoms with Gasteiger partial charge in [0.2, 0.25) is 0 Å². The molecule has 2 aromatic carbocycles. The van der Waals surface area contributed by atoms with E-state index in [1.54, 1.807) is 20.3 Å². The molecule has 35 heavy (non-hydrogen) atoms. The number of carboxylic acid groups (broad SMARTS) is 1. The van der Waals surface area contributed by atoms with Gasteiger partial charge in [-0.25, -0.2) is 0 Å². The van der Waals surface area contributed by atoms with E-state index in [0.29, 0.717) is 9.75 Å². The molecule has 0 bridgehead atoms. The molecule has 4 aromatic rings. The van der Waals surface area contributed by atoms with Crippen molar-refractivity contribution in [3.8, 4) is 0 Å². The van der Waals surface area contributed by atoms with Gasteiger partial charge in [0.05, 0.1) is 0 Å². The van der Waals surface area contributed by atoms with Crippen LogP contribution in [0.15, 0.2) is 60.7 Å². The number of carboxylic acids is 1. The Kier molecular flexibility index (Phi) is 40.5. The summed E-state index contributed by atoms with van der Waals surface area (Å²) < 4.78 is 2.29. The molecule has 0 amide bonds. The number of carbonyl (C=O) groups excluding carboxylic acids is 3. The van der Waals surface area contributed by atoms with Gasteiger partial charge < -0.3 is 19.5 Å². The van der Waals surface area contributed by atoms with Crippen LogP contribution >= 0.6 is 43.0 Å². The first kappa shape index (κ1) is 45.7. The zero-order valence-electron chi connectivity index (χ0n) is 20.2. The number of rotatable bonds is 2. The number of hydrogen-bond donors (Lipinski definition) is 0. The van der Waals surface area contributed by atoms with Crippen molar-refractivity contribution >= 4 is 81.7 Å². The van der Waals surface area contributed by atoms with E-state index < -0.39 is 5.97 Å². The summed E-state index contributed by atoms with van der Waals surface area (Å²) in [5.41, 5.74) is 0. The van der Waals surface area contributed by atoms with Gasteiger partial charge in [0.1, 0.15) is 0 Å². The zero-order valence-corrected chi connectivity index (χ0v) is 32.8. The third-order valence-corrected chi connectivity index (χ3v) is 5.08. The number of benzene rings is 2. The third kappa shape index (κ3) is 20.4. The molecular formula is C24H25CuINaO4S2W2-2. The number of thiophene rings is 2. The summed E-state index contributed by atoms with van der Waals surface area (Å²) in [6, 6.07) is 19.6. The van der Waals surface area contributed by atoms with Gasteiger partial charge in [-0.2, -0.15) is 34.8 Å². The molecule has 0 N–H and O–H groups in total. The molecule has 0 atom stereocenters. The number of carbonyl (C=O) groups is 1. The van der Waals surface area contributed by atoms with Crippen LogP contribution < -0.4 is 34.7 Å². The Morgan fingerprint density at radius 2 is 1.03 bits per heavy atom. The van der Waals surface area contributed by atoms with Crippen LogP contribution in [0.2, 0.25) is 0 Å². The standard InChI is InChI=1S/2C9H5OS.C2H4O2.2C2H6.Cu.HI.Na.2W/c2*10-6-8-5-7-3-1-2-4-9(7)11-8;1-2(3)4;2*1-2;;;;;/h2*1-5H;1H3,(H,3,4);2*1-2H3;;1H;;;/q2*-1;;;;+1;;+1;;/p-2. The molecule has 0 aliphatic carbocycles. The first-order chi connectivity index (χ1) is 15.5. The average Bonchev–Trinajstić information content (AvgIpc) is 3.46. The van der Waals surface area contributed by atoms with Crippen LogP contribution in [0, 0.1) is 0 Å². The maximum absolute atomic E-state index is 10.3. The van der Waals surface area contributed by atoms with Crippen molar-refractivity contribution in [2.45, 2.75) is 34.6 Å². The summed E-state index contributed by atoms with van der Waals surface area (Å²) in [6.45, 7) is 8.97. The fraction of sp³-hybridized carbons (Fsp3) is 0.208. The molecule has 0 aliphatic heterocycles. The van der Waals surface area contributed by atoms with Crippen molar-refractivity contribution in [3.05, 3.63) is 70.4 Å². The van der Waals surface area contributed by atoms with Crippen molar-refractivity contribution in [1.29, 1.82) is 0 Å². The first-order valence-corrected chi connectivity index (χ1v) is 14.2. The van der Waals surface area contributed by atoms with Gasteiger partial charge in [-0.15, -0.1) is 9.75 Å². The minimum atomic E-state index is -1.08. The summed E-state index contributed by atoms with van der Waals surface area (Å²) in [4.78, 5) is 30.8. The van der Waals surface area contributed by atoms with Crippen LogP contribution in [0.25, 0.3) is 20.2 Å². The fourth-order valence-corrected chi connectivity index (χ4v) is 3.78. The Morgan fingerprint density at radius 3 is 1.26 bits per heavy atom. The van der Waals surface area contributed by atoms with Gasteiger partial charge in [0.15, 0.2) is 0 Å². The van der Waals surface area contributed by atoms with Gasteiger partial charge in [-0.05, 0) is 19.1 Å². The Hall–Kier alpha value is 0.796. The number of aliphatic carboxylic acids is 1. The summed E-state index contributed by atoms with van der Waals surface area (Å²) in [7, 11) is 0. The second kappa shape index (κ2) is 31.0. The van der Waals surface area contributed by atoms with E-state index >= 15 is 0 Å². The summed E-state index contributed by atoms with van der Waals surface area (Å²) in [5, 5.41) is 11.1. The minimum absolute atomic E-state index is 0. The Bertz CT molecular complexity index is 914.